The van der Waals surface area contributed by atoms with E-state index in [1.54, 1.807) is 0 Å². The zero-order chi connectivity index (χ0) is 10.2. The molecule has 4 heteroatoms. The number of hydrogen-bond donors (Lipinski definition) is 1. The third kappa shape index (κ3) is 33.3. The Morgan fingerprint density at radius 3 is 1.85 bits per heavy atom. The van der Waals surface area contributed by atoms with E-state index in [9.17, 15) is 4.79 Å². The van der Waals surface area contributed by atoms with E-state index >= 15 is 0 Å². The van der Waals surface area contributed by atoms with Crippen molar-refractivity contribution in [1.29, 1.82) is 0 Å². The van der Waals surface area contributed by atoms with Gasteiger partial charge in [-0.05, 0) is 20.8 Å². The van der Waals surface area contributed by atoms with Crippen molar-refractivity contribution in [3.8, 4) is 0 Å². The number of carboxylic acids is 1. The van der Waals surface area contributed by atoms with Crippen LogP contribution in [-0.4, -0.2) is 23.3 Å². The Kier molecular flexibility index (Phi) is 14.6. The molecule has 0 spiro atoms. The van der Waals surface area contributed by atoms with Crippen molar-refractivity contribution in [2.45, 2.75) is 39.7 Å². The van der Waals surface area contributed by atoms with Gasteiger partial charge in [-0.1, -0.05) is 6.92 Å². The Morgan fingerprint density at radius 2 is 1.77 bits per heavy atom. The van der Waals surface area contributed by atoms with Gasteiger partial charge in [0.25, 0.3) is 0 Å². The van der Waals surface area contributed by atoms with Gasteiger partial charge in [-0.2, -0.15) is 6.42 Å². The van der Waals surface area contributed by atoms with Crippen LogP contribution in [0, 0.1) is 6.92 Å². The Morgan fingerprint density at radius 1 is 1.46 bits per heavy atom. The molecule has 0 atom stereocenters. The summed E-state index contributed by atoms with van der Waals surface area (Å²) in [6.07, 6.45) is 1.00. The predicted octanol–water partition coefficient (Wildman–Crippen LogP) is -0.879. The second-order valence-electron chi connectivity index (χ2n) is 3.29. The minimum atomic E-state index is -0.926. The smallest absolute Gasteiger partial charge is 0.480 e. The first-order chi connectivity index (χ1) is 5.33. The number of aliphatic carboxylic acids is 1. The fraction of sp³-hybridized carbons (Fsp3) is 0.778. The summed E-state index contributed by atoms with van der Waals surface area (Å²) in [5.41, 5.74) is -0.349. The zero-order valence-electron chi connectivity index (χ0n) is 9.39. The molecule has 3 nitrogen and oxygen atoms in total. The van der Waals surface area contributed by atoms with Gasteiger partial charge in [-0.3, -0.25) is 0 Å². The van der Waals surface area contributed by atoms with Crippen molar-refractivity contribution in [2.24, 2.45) is 0 Å². The Labute approximate surface area is 93.0 Å². The molecule has 1 N–H and O–H groups in total. The summed E-state index contributed by atoms with van der Waals surface area (Å²) >= 11 is 0. The largest absolute Gasteiger partial charge is 1.00 e. The second kappa shape index (κ2) is 10.1. The van der Waals surface area contributed by atoms with Crippen LogP contribution in [-0.2, 0) is 9.53 Å². The topological polar surface area (TPSA) is 46.5 Å². The van der Waals surface area contributed by atoms with E-state index in [0.717, 1.165) is 6.42 Å². The van der Waals surface area contributed by atoms with E-state index in [0.29, 0.717) is 0 Å². The quantitative estimate of drug-likeness (QED) is 0.445. The Balaban J connectivity index is -0.000000220. The normalized spacial score (nSPS) is 9.31. The summed E-state index contributed by atoms with van der Waals surface area (Å²) < 4.78 is 4.89. The number of carbonyl (C=O) groups is 1. The monoisotopic (exact) mass is 182 g/mol. The first-order valence-corrected chi connectivity index (χ1v) is 3.98. The van der Waals surface area contributed by atoms with Gasteiger partial charge in [0.2, 0.25) is 0 Å². The van der Waals surface area contributed by atoms with Crippen LogP contribution in [0.4, 0.5) is 0 Å². The predicted molar refractivity (Wildman–Crippen MR) is 49.0 cm³/mol. The van der Waals surface area contributed by atoms with Gasteiger partial charge in [-0.25, -0.2) is 4.79 Å². The summed E-state index contributed by atoms with van der Waals surface area (Å²) in [6, 6.07) is 0. The average Bonchev–Trinajstić information content (AvgIpc) is 1.84. The fourth-order valence-corrected chi connectivity index (χ4v) is 0.278. The van der Waals surface area contributed by atoms with E-state index in [-0.39, 0.29) is 31.1 Å². The van der Waals surface area contributed by atoms with Crippen molar-refractivity contribution >= 4 is 5.97 Å². The molecular weight excluding hydrogens is 163 g/mol. The number of ether oxygens (including phenoxy) is 1. The van der Waals surface area contributed by atoms with Crippen LogP contribution in [0.2, 0.25) is 0 Å². The van der Waals surface area contributed by atoms with Crippen molar-refractivity contribution < 1.29 is 33.5 Å². The molecule has 74 valence electrons. The summed E-state index contributed by atoms with van der Waals surface area (Å²) in [5, 5.41) is 8.15. The molecule has 0 saturated heterocycles. The molecule has 0 radical (unpaired) electrons. The summed E-state index contributed by atoms with van der Waals surface area (Å²) in [6.45, 7) is 10.7. The molecule has 0 unspecified atom stereocenters. The zero-order valence-corrected chi connectivity index (χ0v) is 9.39. The van der Waals surface area contributed by atoms with Crippen LogP contribution in [0.1, 0.15) is 34.1 Å². The van der Waals surface area contributed by atoms with Gasteiger partial charge in [0.15, 0.2) is 0 Å². The maximum absolute atomic E-state index is 9.92. The van der Waals surface area contributed by atoms with Crippen molar-refractivity contribution in [1.82, 2.24) is 0 Å². The molecule has 0 bridgehead atoms. The van der Waals surface area contributed by atoms with Gasteiger partial charge >= 0.3 is 24.8 Å². The van der Waals surface area contributed by atoms with Crippen molar-refractivity contribution in [2.75, 3.05) is 6.61 Å². The van der Waals surface area contributed by atoms with Gasteiger partial charge in [0.1, 0.15) is 6.61 Å². The molecule has 13 heavy (non-hydrogen) atoms. The van der Waals surface area contributed by atoms with Gasteiger partial charge in [-0.15, -0.1) is 0 Å². The number of hydrogen-bond acceptors (Lipinski definition) is 2. The first-order valence-electron chi connectivity index (χ1n) is 3.98. The number of rotatable bonds is 2. The van der Waals surface area contributed by atoms with Crippen molar-refractivity contribution in [3.63, 3.8) is 0 Å². The summed E-state index contributed by atoms with van der Waals surface area (Å²) in [7, 11) is 0. The second-order valence-corrected chi connectivity index (χ2v) is 3.29. The molecule has 0 aromatic heterocycles. The van der Waals surface area contributed by atoms with Crippen LogP contribution >= 0.6 is 0 Å². The molecule has 0 aliphatic rings. The van der Waals surface area contributed by atoms with Crippen LogP contribution in [0.15, 0.2) is 0 Å². The molecular formula is C9H19LiO3. The Hall–Kier alpha value is 0.0274. The van der Waals surface area contributed by atoms with Crippen LogP contribution < -0.4 is 18.9 Å². The molecule has 0 heterocycles. The minimum absolute atomic E-state index is 0. The maximum atomic E-state index is 9.92. The van der Waals surface area contributed by atoms with E-state index in [1.165, 1.54) is 0 Å². The average molecular weight is 182 g/mol. The number of carboxylic acid groups (broad SMARTS) is 1. The first kappa shape index (κ1) is 18.7. The van der Waals surface area contributed by atoms with Crippen molar-refractivity contribution in [3.05, 3.63) is 6.92 Å². The third-order valence-electron chi connectivity index (χ3n) is 0.629. The standard InChI is InChI=1S/C6H12O3.C3H7.Li/c1-6(2,3)9-4-5(7)8;1-3-2;/h4H2,1-3H3,(H,7,8);1,3H2,2H3;/q;-1;+1. The molecule has 0 saturated carbocycles. The van der Waals surface area contributed by atoms with E-state index in [4.69, 9.17) is 9.84 Å². The molecule has 0 fully saturated rings. The Bertz CT molecular complexity index is 119. The SMILES string of the molecule is CC(C)(C)OCC(=O)O.[CH2-]CC.[Li+]. The summed E-state index contributed by atoms with van der Waals surface area (Å²) in [4.78, 5) is 9.92. The van der Waals surface area contributed by atoms with Gasteiger partial charge in [0.05, 0.1) is 5.60 Å². The molecule has 0 rings (SSSR count). The van der Waals surface area contributed by atoms with Gasteiger partial charge < -0.3 is 16.8 Å². The maximum Gasteiger partial charge on any atom is 1.00 e. The van der Waals surface area contributed by atoms with E-state index in [1.807, 2.05) is 27.7 Å². The molecule has 0 aliphatic heterocycles. The van der Waals surface area contributed by atoms with Crippen LogP contribution in [0.3, 0.4) is 0 Å². The molecule has 0 aliphatic carbocycles. The van der Waals surface area contributed by atoms with E-state index < -0.39 is 5.97 Å². The van der Waals surface area contributed by atoms with Crippen LogP contribution in [0.25, 0.3) is 0 Å². The minimum Gasteiger partial charge on any atom is -0.480 e. The van der Waals surface area contributed by atoms with E-state index in [2.05, 4.69) is 6.92 Å². The summed E-state index contributed by atoms with van der Waals surface area (Å²) in [5.74, 6) is -0.926. The van der Waals surface area contributed by atoms with Gasteiger partial charge in [0, 0.05) is 0 Å². The third-order valence-corrected chi connectivity index (χ3v) is 0.629. The fourth-order valence-electron chi connectivity index (χ4n) is 0.278. The van der Waals surface area contributed by atoms with Crippen LogP contribution in [0.5, 0.6) is 0 Å². The molecule has 0 amide bonds. The molecule has 0 aromatic rings. The molecule has 0 aromatic carbocycles.